The first-order chi connectivity index (χ1) is 11.5. The number of aryl methyl sites for hydroxylation is 2. The van der Waals surface area contributed by atoms with Crippen LogP contribution in [-0.4, -0.2) is 5.11 Å². The lowest BCUT2D eigenvalue weighted by atomic mass is 9.92. The van der Waals surface area contributed by atoms with Gasteiger partial charge < -0.3 is 5.11 Å². The van der Waals surface area contributed by atoms with Gasteiger partial charge in [0.1, 0.15) is 5.75 Å². The summed E-state index contributed by atoms with van der Waals surface area (Å²) in [6, 6.07) is 22.9. The third-order valence-corrected chi connectivity index (χ3v) is 5.30. The second-order valence-electron chi connectivity index (χ2n) is 6.27. The van der Waals surface area contributed by atoms with E-state index >= 15 is 0 Å². The normalized spacial score (nSPS) is 12.1. The third kappa shape index (κ3) is 3.82. The summed E-state index contributed by atoms with van der Waals surface area (Å²) in [5.74, 6) is 0.514. The smallest absolute Gasteiger partial charge is 0.119 e. The first-order valence-corrected chi connectivity index (χ1v) is 8.98. The third-order valence-electron chi connectivity index (χ3n) is 4.30. The maximum atomic E-state index is 10.3. The highest BCUT2D eigenvalue weighted by molar-refractivity contribution is 7.99. The van der Waals surface area contributed by atoms with E-state index in [9.17, 15) is 5.11 Å². The quantitative estimate of drug-likeness (QED) is 0.603. The number of phenols is 1. The fourth-order valence-electron chi connectivity index (χ4n) is 2.72. The number of benzene rings is 3. The van der Waals surface area contributed by atoms with E-state index in [1.807, 2.05) is 6.07 Å². The molecule has 122 valence electrons. The van der Waals surface area contributed by atoms with Crippen molar-refractivity contribution in [3.8, 4) is 5.75 Å². The number of hydrogen-bond acceptors (Lipinski definition) is 2. The van der Waals surface area contributed by atoms with Crippen LogP contribution in [0.3, 0.4) is 0 Å². The van der Waals surface area contributed by atoms with Crippen molar-refractivity contribution in [1.82, 2.24) is 0 Å². The van der Waals surface area contributed by atoms with Crippen LogP contribution in [-0.2, 0) is 0 Å². The van der Waals surface area contributed by atoms with Crippen molar-refractivity contribution in [2.45, 2.75) is 36.5 Å². The summed E-state index contributed by atoms with van der Waals surface area (Å²) in [7, 11) is 0. The summed E-state index contributed by atoms with van der Waals surface area (Å²) in [6.07, 6.45) is 0. The van der Waals surface area contributed by atoms with E-state index in [2.05, 4.69) is 75.4 Å². The van der Waals surface area contributed by atoms with Crippen molar-refractivity contribution in [3.63, 3.8) is 0 Å². The Morgan fingerprint density at radius 2 is 1.29 bits per heavy atom. The van der Waals surface area contributed by atoms with Crippen molar-refractivity contribution >= 4 is 11.8 Å². The molecule has 0 heterocycles. The SMILES string of the molecule is Cc1ccc(Sc2ccc(O)c(C(C)c3ccc(C)cc3)c2)cc1. The maximum absolute atomic E-state index is 10.3. The minimum Gasteiger partial charge on any atom is -0.508 e. The molecule has 0 aliphatic rings. The summed E-state index contributed by atoms with van der Waals surface area (Å²) in [5.41, 5.74) is 4.70. The fraction of sp³-hybridized carbons (Fsp3) is 0.182. The number of hydrogen-bond donors (Lipinski definition) is 1. The molecule has 0 radical (unpaired) electrons. The maximum Gasteiger partial charge on any atom is 0.119 e. The molecule has 1 nitrogen and oxygen atoms in total. The van der Waals surface area contributed by atoms with E-state index < -0.39 is 0 Å². The molecule has 2 heteroatoms. The molecule has 1 unspecified atom stereocenters. The van der Waals surface area contributed by atoms with Crippen LogP contribution in [0.25, 0.3) is 0 Å². The van der Waals surface area contributed by atoms with Gasteiger partial charge in [-0.3, -0.25) is 0 Å². The van der Waals surface area contributed by atoms with Gasteiger partial charge in [-0.15, -0.1) is 0 Å². The molecule has 0 amide bonds. The molecule has 0 bridgehead atoms. The lowest BCUT2D eigenvalue weighted by molar-refractivity contribution is 0.465. The predicted molar refractivity (Wildman–Crippen MR) is 102 cm³/mol. The van der Waals surface area contributed by atoms with Gasteiger partial charge in [-0.1, -0.05) is 66.2 Å². The van der Waals surface area contributed by atoms with Crippen LogP contribution in [0.2, 0.25) is 0 Å². The average molecular weight is 334 g/mol. The highest BCUT2D eigenvalue weighted by Crippen LogP contribution is 2.36. The Labute approximate surface area is 148 Å². The summed E-state index contributed by atoms with van der Waals surface area (Å²) < 4.78 is 0. The van der Waals surface area contributed by atoms with Gasteiger partial charge in [-0.05, 0) is 49.7 Å². The Morgan fingerprint density at radius 1 is 0.750 bits per heavy atom. The lowest BCUT2D eigenvalue weighted by Crippen LogP contribution is -1.97. The molecule has 1 atom stereocenters. The molecular weight excluding hydrogens is 312 g/mol. The second-order valence-corrected chi connectivity index (χ2v) is 7.42. The van der Waals surface area contributed by atoms with E-state index in [1.165, 1.54) is 21.6 Å². The van der Waals surface area contributed by atoms with E-state index in [-0.39, 0.29) is 5.92 Å². The van der Waals surface area contributed by atoms with Crippen molar-refractivity contribution in [2.75, 3.05) is 0 Å². The largest absolute Gasteiger partial charge is 0.508 e. The van der Waals surface area contributed by atoms with Crippen LogP contribution < -0.4 is 0 Å². The van der Waals surface area contributed by atoms with Crippen molar-refractivity contribution in [2.24, 2.45) is 0 Å². The molecular formula is C22H22OS. The van der Waals surface area contributed by atoms with Gasteiger partial charge in [0.15, 0.2) is 0 Å². The summed E-state index contributed by atoms with van der Waals surface area (Å²) >= 11 is 1.72. The second kappa shape index (κ2) is 7.14. The predicted octanol–water partition coefficient (Wildman–Crippen LogP) is 6.31. The van der Waals surface area contributed by atoms with E-state index in [0.717, 1.165) is 10.5 Å². The molecule has 0 fully saturated rings. The average Bonchev–Trinajstić information content (AvgIpc) is 2.59. The van der Waals surface area contributed by atoms with Crippen molar-refractivity contribution in [1.29, 1.82) is 0 Å². The van der Waals surface area contributed by atoms with E-state index in [0.29, 0.717) is 5.75 Å². The topological polar surface area (TPSA) is 20.2 Å². The van der Waals surface area contributed by atoms with Gasteiger partial charge >= 0.3 is 0 Å². The number of phenolic OH excluding ortho intramolecular Hbond substituents is 1. The highest BCUT2D eigenvalue weighted by Gasteiger charge is 2.14. The first kappa shape index (κ1) is 16.7. The van der Waals surface area contributed by atoms with Crippen LogP contribution in [0.15, 0.2) is 76.5 Å². The molecule has 0 saturated carbocycles. The van der Waals surface area contributed by atoms with Gasteiger partial charge in [-0.25, -0.2) is 0 Å². The van der Waals surface area contributed by atoms with Gasteiger partial charge in [0.2, 0.25) is 0 Å². The molecule has 0 saturated heterocycles. The summed E-state index contributed by atoms with van der Waals surface area (Å²) in [6.45, 7) is 6.32. The fourth-order valence-corrected chi connectivity index (χ4v) is 3.59. The van der Waals surface area contributed by atoms with Crippen LogP contribution >= 0.6 is 11.8 Å². The molecule has 0 aliphatic carbocycles. The lowest BCUT2D eigenvalue weighted by Gasteiger charge is -2.16. The standard InChI is InChI=1S/C22H22OS/c1-15-4-8-18(9-5-15)17(3)21-14-20(12-13-22(21)23)24-19-10-6-16(2)7-11-19/h4-14,17,23H,1-3H3. The zero-order chi connectivity index (χ0) is 17.1. The molecule has 3 aromatic rings. The summed E-state index contributed by atoms with van der Waals surface area (Å²) in [5, 5.41) is 10.3. The molecule has 1 N–H and O–H groups in total. The monoisotopic (exact) mass is 334 g/mol. The number of aromatic hydroxyl groups is 1. The Hall–Kier alpha value is -2.19. The molecule has 24 heavy (non-hydrogen) atoms. The van der Waals surface area contributed by atoms with Gasteiger partial charge in [0.05, 0.1) is 0 Å². The van der Waals surface area contributed by atoms with Crippen molar-refractivity contribution < 1.29 is 5.11 Å². The summed E-state index contributed by atoms with van der Waals surface area (Å²) in [4.78, 5) is 2.35. The Bertz CT molecular complexity index is 820. The van der Waals surface area contributed by atoms with Crippen LogP contribution in [0.1, 0.15) is 35.1 Å². The highest BCUT2D eigenvalue weighted by atomic mass is 32.2. The first-order valence-electron chi connectivity index (χ1n) is 8.17. The molecule has 0 aromatic heterocycles. The zero-order valence-corrected chi connectivity index (χ0v) is 15.1. The number of rotatable bonds is 4. The molecule has 0 aliphatic heterocycles. The molecule has 3 rings (SSSR count). The van der Waals surface area contributed by atoms with Crippen LogP contribution in [0.5, 0.6) is 5.75 Å². The Balaban J connectivity index is 1.88. The van der Waals surface area contributed by atoms with Crippen LogP contribution in [0, 0.1) is 13.8 Å². The van der Waals surface area contributed by atoms with Gasteiger partial charge in [-0.2, -0.15) is 0 Å². The van der Waals surface area contributed by atoms with E-state index in [4.69, 9.17) is 0 Å². The van der Waals surface area contributed by atoms with Crippen LogP contribution in [0.4, 0.5) is 0 Å². The molecule has 0 spiro atoms. The minimum absolute atomic E-state index is 0.157. The van der Waals surface area contributed by atoms with Gasteiger partial charge in [0.25, 0.3) is 0 Å². The Kier molecular flexibility index (Phi) is 4.96. The van der Waals surface area contributed by atoms with E-state index in [1.54, 1.807) is 17.8 Å². The minimum atomic E-state index is 0.157. The molecule has 3 aromatic carbocycles. The van der Waals surface area contributed by atoms with Gasteiger partial charge in [0, 0.05) is 21.3 Å². The Morgan fingerprint density at radius 3 is 1.92 bits per heavy atom. The zero-order valence-electron chi connectivity index (χ0n) is 14.3. The van der Waals surface area contributed by atoms with Crippen molar-refractivity contribution in [3.05, 3.63) is 89.0 Å².